The fraction of sp³-hybridized carbons (Fsp3) is 0.545. The van der Waals surface area contributed by atoms with Gasteiger partial charge in [-0.05, 0) is 62.8 Å². The fourth-order valence-corrected chi connectivity index (χ4v) is 3.56. The van der Waals surface area contributed by atoms with Crippen molar-refractivity contribution < 1.29 is 28.6 Å². The summed E-state index contributed by atoms with van der Waals surface area (Å²) in [4.78, 5) is 23.0. The Hall–Kier alpha value is -2.06. The lowest BCUT2D eigenvalue weighted by Crippen LogP contribution is -2.24. The Balaban J connectivity index is 0.00000198. The highest BCUT2D eigenvalue weighted by Crippen LogP contribution is 2.32. The summed E-state index contributed by atoms with van der Waals surface area (Å²) in [6.07, 6.45) is 4.38. The Labute approximate surface area is 183 Å². The van der Waals surface area contributed by atoms with Crippen molar-refractivity contribution >= 4 is 29.6 Å². The molecule has 2 rings (SSSR count). The molecule has 0 aliphatic heterocycles. The number of halogens is 1. The van der Waals surface area contributed by atoms with Gasteiger partial charge in [0.25, 0.3) is 0 Å². The maximum Gasteiger partial charge on any atom is 0.335 e. The van der Waals surface area contributed by atoms with Gasteiger partial charge in [0, 0.05) is 19.6 Å². The largest absolute Gasteiger partial charge is 0.461 e. The van der Waals surface area contributed by atoms with E-state index in [2.05, 4.69) is 4.72 Å². The molecule has 0 saturated heterocycles. The molecule has 0 saturated carbocycles. The van der Waals surface area contributed by atoms with Crippen molar-refractivity contribution in [3.05, 3.63) is 41.2 Å². The van der Waals surface area contributed by atoms with E-state index in [1.807, 2.05) is 33.8 Å². The van der Waals surface area contributed by atoms with E-state index in [1.54, 1.807) is 12.1 Å². The minimum Gasteiger partial charge on any atom is -0.461 e. The Morgan fingerprint density at radius 2 is 1.97 bits per heavy atom. The maximum atomic E-state index is 14.2. The Morgan fingerprint density at radius 1 is 1.30 bits per heavy atom. The number of benzene rings is 1. The van der Waals surface area contributed by atoms with Crippen molar-refractivity contribution in [3.63, 3.8) is 0 Å². The van der Waals surface area contributed by atoms with E-state index >= 15 is 0 Å². The number of allylic oxidation sites excluding steroid dienone is 1. The summed E-state index contributed by atoms with van der Waals surface area (Å²) in [6, 6.07) is 4.62. The quantitative estimate of drug-likeness (QED) is 0.452. The van der Waals surface area contributed by atoms with Crippen LogP contribution in [-0.2, 0) is 25.7 Å². The van der Waals surface area contributed by atoms with Gasteiger partial charge in [-0.2, -0.15) is 0 Å². The number of rotatable bonds is 7. The number of anilines is 1. The molecule has 30 heavy (non-hydrogen) atoms. The maximum absolute atomic E-state index is 14.2. The minimum atomic E-state index is -0.437. The van der Waals surface area contributed by atoms with Crippen LogP contribution in [-0.4, -0.2) is 35.5 Å². The lowest BCUT2D eigenvalue weighted by molar-refractivity contribution is -0.143. The number of hydrogen-bond acceptors (Lipinski definition) is 7. The van der Waals surface area contributed by atoms with Crippen LogP contribution >= 0.6 is 11.9 Å². The second-order valence-electron chi connectivity index (χ2n) is 6.35. The molecule has 0 heterocycles. The van der Waals surface area contributed by atoms with Crippen molar-refractivity contribution in [2.24, 2.45) is 0 Å². The van der Waals surface area contributed by atoms with Gasteiger partial charge in [0.2, 0.25) is 0 Å². The molecule has 1 atom stereocenters. The van der Waals surface area contributed by atoms with Crippen LogP contribution in [0.4, 0.5) is 10.1 Å². The van der Waals surface area contributed by atoms with Gasteiger partial charge in [-0.3, -0.25) is 4.79 Å². The van der Waals surface area contributed by atoms with Crippen molar-refractivity contribution in [2.45, 2.75) is 71.8 Å². The van der Waals surface area contributed by atoms with Gasteiger partial charge >= 0.3 is 11.9 Å². The number of ether oxygens (including phenoxy) is 2. The standard InChI is InChI=1S/C19H24FNO4S.C2H6.CH4O/c1-12(2)25-19(23)15-6-4-5-7-18(15)26-21-17-9-8-14(10-16(17)20)11-24-13(3)22;2*1-2/h6,8-10,12,18,21H,4-5,7,11H2,1-3H3;1-2H3;2H,1H3. The smallest absolute Gasteiger partial charge is 0.335 e. The number of nitrogens with one attached hydrogen (secondary N) is 1. The summed E-state index contributed by atoms with van der Waals surface area (Å²) in [5.41, 5.74) is 1.53. The van der Waals surface area contributed by atoms with Crippen LogP contribution in [0.25, 0.3) is 0 Å². The van der Waals surface area contributed by atoms with Crippen LogP contribution in [0.2, 0.25) is 0 Å². The van der Waals surface area contributed by atoms with E-state index in [4.69, 9.17) is 14.6 Å². The van der Waals surface area contributed by atoms with Gasteiger partial charge in [0.15, 0.2) is 0 Å². The van der Waals surface area contributed by atoms with Crippen molar-refractivity contribution in [2.75, 3.05) is 11.8 Å². The van der Waals surface area contributed by atoms with Gasteiger partial charge in [-0.15, -0.1) is 0 Å². The van der Waals surface area contributed by atoms with E-state index in [0.717, 1.165) is 26.4 Å². The molecule has 0 bridgehead atoms. The van der Waals surface area contributed by atoms with Gasteiger partial charge in [-0.1, -0.05) is 26.0 Å². The normalized spacial score (nSPS) is 15.0. The molecule has 170 valence electrons. The highest BCUT2D eigenvalue weighted by Gasteiger charge is 2.26. The molecule has 0 spiro atoms. The molecule has 8 heteroatoms. The molecule has 6 nitrogen and oxygen atoms in total. The zero-order valence-corrected chi connectivity index (χ0v) is 19.5. The summed E-state index contributed by atoms with van der Waals surface area (Å²) in [6.45, 7) is 8.97. The van der Waals surface area contributed by atoms with Crippen LogP contribution in [0.3, 0.4) is 0 Å². The summed E-state index contributed by atoms with van der Waals surface area (Å²) in [5, 5.41) is 6.91. The first-order chi connectivity index (χ1) is 14.4. The summed E-state index contributed by atoms with van der Waals surface area (Å²) in [5.74, 6) is -1.16. The predicted molar refractivity (Wildman–Crippen MR) is 120 cm³/mol. The summed E-state index contributed by atoms with van der Waals surface area (Å²) < 4.78 is 27.4. The molecule has 1 aromatic carbocycles. The van der Waals surface area contributed by atoms with E-state index in [-0.39, 0.29) is 23.9 Å². The molecule has 1 aliphatic carbocycles. The van der Waals surface area contributed by atoms with Gasteiger partial charge < -0.3 is 19.3 Å². The molecule has 1 aliphatic rings. The molecule has 2 N–H and O–H groups in total. The molecule has 0 aromatic heterocycles. The van der Waals surface area contributed by atoms with E-state index in [1.165, 1.54) is 24.9 Å². The number of carbonyl (C=O) groups is 2. The number of aliphatic hydroxyl groups is 1. The van der Waals surface area contributed by atoms with Crippen LogP contribution in [0.15, 0.2) is 29.8 Å². The van der Waals surface area contributed by atoms with Crippen LogP contribution < -0.4 is 4.72 Å². The lowest BCUT2D eigenvalue weighted by atomic mass is 9.99. The second-order valence-corrected chi connectivity index (χ2v) is 7.36. The number of esters is 2. The third-order valence-electron chi connectivity index (χ3n) is 3.75. The summed E-state index contributed by atoms with van der Waals surface area (Å²) >= 11 is 1.31. The zero-order valence-electron chi connectivity index (χ0n) is 18.7. The Morgan fingerprint density at radius 3 is 2.53 bits per heavy atom. The van der Waals surface area contributed by atoms with E-state index in [0.29, 0.717) is 16.8 Å². The third-order valence-corrected chi connectivity index (χ3v) is 4.86. The molecular weight excluding hydrogens is 409 g/mol. The van der Waals surface area contributed by atoms with Crippen LogP contribution in [0, 0.1) is 5.82 Å². The Bertz CT molecular complexity index is 694. The van der Waals surface area contributed by atoms with E-state index in [9.17, 15) is 14.0 Å². The van der Waals surface area contributed by atoms with Gasteiger partial charge in [0.05, 0.1) is 17.0 Å². The number of hydrogen-bond donors (Lipinski definition) is 2. The fourth-order valence-electron chi connectivity index (χ4n) is 2.52. The molecule has 0 radical (unpaired) electrons. The van der Waals surface area contributed by atoms with Crippen molar-refractivity contribution in [1.82, 2.24) is 0 Å². The lowest BCUT2D eigenvalue weighted by Gasteiger charge is -2.23. The molecule has 0 amide bonds. The minimum absolute atomic E-state index is 0.0379. The first kappa shape index (κ1) is 27.9. The Kier molecular flexibility index (Phi) is 14.7. The van der Waals surface area contributed by atoms with E-state index < -0.39 is 11.8 Å². The van der Waals surface area contributed by atoms with Gasteiger partial charge in [0.1, 0.15) is 12.4 Å². The molecular formula is C22H34FNO5S. The number of aliphatic hydroxyl groups excluding tert-OH is 1. The average molecular weight is 444 g/mol. The topological polar surface area (TPSA) is 84.9 Å². The van der Waals surface area contributed by atoms with Crippen LogP contribution in [0.1, 0.15) is 59.4 Å². The third kappa shape index (κ3) is 10.1. The first-order valence-corrected chi connectivity index (χ1v) is 10.9. The predicted octanol–water partition coefficient (Wildman–Crippen LogP) is 5.01. The van der Waals surface area contributed by atoms with Crippen molar-refractivity contribution in [3.8, 4) is 0 Å². The average Bonchev–Trinajstić information content (AvgIpc) is 2.74. The van der Waals surface area contributed by atoms with Gasteiger partial charge in [-0.25, -0.2) is 9.18 Å². The van der Waals surface area contributed by atoms with Crippen molar-refractivity contribution in [1.29, 1.82) is 0 Å². The molecule has 0 fully saturated rings. The first-order valence-electron chi connectivity index (χ1n) is 10.1. The zero-order chi connectivity index (χ0) is 23.1. The number of carbonyl (C=O) groups excluding carboxylic acids is 2. The monoisotopic (exact) mass is 443 g/mol. The molecule has 1 aromatic rings. The van der Waals surface area contributed by atoms with Crippen LogP contribution in [0.5, 0.6) is 0 Å². The highest BCUT2D eigenvalue weighted by atomic mass is 32.2. The summed E-state index contributed by atoms with van der Waals surface area (Å²) in [7, 11) is 1.00. The molecule has 1 unspecified atom stereocenters. The highest BCUT2D eigenvalue weighted by molar-refractivity contribution is 8.01. The second kappa shape index (κ2) is 15.7. The SMILES string of the molecule is CC.CC(=O)OCc1ccc(NSC2CCCC=C2C(=O)OC(C)C)c(F)c1.CO.